The van der Waals surface area contributed by atoms with E-state index in [0.717, 1.165) is 0 Å². The van der Waals surface area contributed by atoms with Gasteiger partial charge in [0.25, 0.3) is 0 Å². The predicted molar refractivity (Wildman–Crippen MR) is 56.5 cm³/mol. The van der Waals surface area contributed by atoms with E-state index in [9.17, 15) is 0 Å². The van der Waals surface area contributed by atoms with Crippen LogP contribution in [0.25, 0.3) is 0 Å². The van der Waals surface area contributed by atoms with E-state index in [1.807, 2.05) is 0 Å². The lowest BCUT2D eigenvalue weighted by Gasteiger charge is -1.94. The molecular weight excluding hydrogens is 235 g/mol. The third kappa shape index (κ3) is 8.47. The van der Waals surface area contributed by atoms with Crippen molar-refractivity contribution in [2.24, 2.45) is 0 Å². The molecule has 0 aliphatic heterocycles. The first-order chi connectivity index (χ1) is 4.91. The van der Waals surface area contributed by atoms with Crippen LogP contribution in [0.15, 0.2) is 10.2 Å². The molecule has 0 rings (SSSR count). The van der Waals surface area contributed by atoms with Gasteiger partial charge in [-0.1, -0.05) is 61.3 Å². The number of rotatable bonds is 6. The van der Waals surface area contributed by atoms with Crippen LogP contribution >= 0.6 is 22.6 Å². The first-order valence-corrected chi connectivity index (χ1v) is 5.41. The molecule has 0 N–H and O–H groups in total. The Morgan fingerprint density at radius 3 is 2.40 bits per heavy atom. The van der Waals surface area contributed by atoms with Crippen LogP contribution in [0.4, 0.5) is 0 Å². The van der Waals surface area contributed by atoms with E-state index in [1.54, 1.807) is 0 Å². The molecule has 0 aliphatic carbocycles. The van der Waals surface area contributed by atoms with Crippen LogP contribution in [-0.4, -0.2) is 0 Å². The minimum Gasteiger partial charge on any atom is -0.0785 e. The summed E-state index contributed by atoms with van der Waals surface area (Å²) in [6.07, 6.45) is 10.5. The van der Waals surface area contributed by atoms with Gasteiger partial charge in [0.05, 0.1) is 0 Å². The molecular formula is C9H17I. The fourth-order valence-corrected chi connectivity index (χ4v) is 1.29. The molecule has 0 amide bonds. The summed E-state index contributed by atoms with van der Waals surface area (Å²) in [7, 11) is 0. The summed E-state index contributed by atoms with van der Waals surface area (Å²) in [4.78, 5) is 0. The number of hydrogen-bond donors (Lipinski definition) is 0. The number of halogens is 1. The molecule has 0 heterocycles. The van der Waals surface area contributed by atoms with Crippen molar-refractivity contribution in [3.8, 4) is 0 Å². The summed E-state index contributed by atoms with van der Waals surface area (Å²) >= 11 is 2.28. The van der Waals surface area contributed by atoms with Crippen molar-refractivity contribution in [3.63, 3.8) is 0 Å². The second kappa shape index (κ2) is 9.47. The second-order valence-electron chi connectivity index (χ2n) is 2.56. The summed E-state index contributed by atoms with van der Waals surface area (Å²) in [6.45, 7) is 2.25. The lowest BCUT2D eigenvalue weighted by molar-refractivity contribution is 0.637. The van der Waals surface area contributed by atoms with Crippen molar-refractivity contribution in [1.82, 2.24) is 0 Å². The Morgan fingerprint density at radius 1 is 1.10 bits per heavy atom. The van der Waals surface area contributed by atoms with Gasteiger partial charge < -0.3 is 0 Å². The highest BCUT2D eigenvalue weighted by Gasteiger charge is 1.85. The highest BCUT2D eigenvalue weighted by Crippen LogP contribution is 2.05. The molecule has 0 unspecified atom stereocenters. The Morgan fingerprint density at radius 2 is 1.80 bits per heavy atom. The summed E-state index contributed by atoms with van der Waals surface area (Å²) in [5.41, 5.74) is 0. The first-order valence-electron chi connectivity index (χ1n) is 4.17. The first kappa shape index (κ1) is 10.5. The Kier molecular flexibility index (Phi) is 9.92. The molecule has 0 spiro atoms. The Bertz CT molecular complexity index is 76.8. The van der Waals surface area contributed by atoms with E-state index >= 15 is 0 Å². The monoisotopic (exact) mass is 252 g/mol. The molecule has 60 valence electrons. The Labute approximate surface area is 78.2 Å². The van der Waals surface area contributed by atoms with Gasteiger partial charge in [0.2, 0.25) is 0 Å². The van der Waals surface area contributed by atoms with Gasteiger partial charge in [0.15, 0.2) is 0 Å². The molecule has 1 heteroatoms. The molecule has 0 aliphatic rings. The van der Waals surface area contributed by atoms with Gasteiger partial charge in [-0.05, 0) is 16.9 Å². The zero-order valence-corrected chi connectivity index (χ0v) is 8.93. The van der Waals surface area contributed by atoms with Gasteiger partial charge >= 0.3 is 0 Å². The minimum atomic E-state index is 1.27. The third-order valence-electron chi connectivity index (χ3n) is 1.56. The molecule has 0 fully saturated rings. The maximum Gasteiger partial charge on any atom is -0.0274 e. The largest absolute Gasteiger partial charge is 0.0785 e. The fraction of sp³-hybridized carbons (Fsp3) is 0.778. The molecule has 0 saturated carbocycles. The Balaban J connectivity index is 2.77. The lowest BCUT2D eigenvalue weighted by atomic mass is 10.1. The van der Waals surface area contributed by atoms with Crippen LogP contribution in [0.2, 0.25) is 0 Å². The third-order valence-corrected chi connectivity index (χ3v) is 2.07. The Hall–Kier alpha value is 0.470. The topological polar surface area (TPSA) is 0 Å². The van der Waals surface area contributed by atoms with E-state index in [0.29, 0.717) is 0 Å². The fourth-order valence-electron chi connectivity index (χ4n) is 0.929. The van der Waals surface area contributed by atoms with Gasteiger partial charge in [-0.2, -0.15) is 0 Å². The highest BCUT2D eigenvalue weighted by molar-refractivity contribution is 14.1. The van der Waals surface area contributed by atoms with E-state index in [-0.39, 0.29) is 0 Å². The van der Waals surface area contributed by atoms with Crippen molar-refractivity contribution in [3.05, 3.63) is 10.2 Å². The summed E-state index contributed by atoms with van der Waals surface area (Å²) in [6, 6.07) is 0. The van der Waals surface area contributed by atoms with Crippen molar-refractivity contribution >= 4 is 22.6 Å². The summed E-state index contributed by atoms with van der Waals surface area (Å²) < 4.78 is 2.11. The zero-order valence-electron chi connectivity index (χ0n) is 6.78. The van der Waals surface area contributed by atoms with Gasteiger partial charge in [-0.3, -0.25) is 0 Å². The predicted octanol–water partition coefficient (Wildman–Crippen LogP) is 4.30. The number of hydrogen-bond acceptors (Lipinski definition) is 0. The average molecular weight is 252 g/mol. The maximum atomic E-state index is 2.28. The molecule has 0 aromatic rings. The quantitative estimate of drug-likeness (QED) is 0.488. The van der Waals surface area contributed by atoms with Gasteiger partial charge in [-0.15, -0.1) is 0 Å². The number of allylic oxidation sites excluding steroid dienone is 1. The van der Waals surface area contributed by atoms with Crippen molar-refractivity contribution in [2.75, 3.05) is 0 Å². The molecule has 0 aromatic carbocycles. The average Bonchev–Trinajstić information content (AvgIpc) is 1.97. The SMILES string of the molecule is CCCCCCCC=CI. The highest BCUT2D eigenvalue weighted by atomic mass is 127. The van der Waals surface area contributed by atoms with Gasteiger partial charge in [0.1, 0.15) is 0 Å². The summed E-state index contributed by atoms with van der Waals surface area (Å²) in [5.74, 6) is 0. The maximum absolute atomic E-state index is 2.28. The van der Waals surface area contributed by atoms with Crippen LogP contribution in [-0.2, 0) is 0 Å². The molecule has 10 heavy (non-hydrogen) atoms. The molecule has 0 bridgehead atoms. The standard InChI is InChI=1S/C9H17I/c1-2-3-4-5-6-7-8-9-10/h8-9H,2-7H2,1H3. The summed E-state index contributed by atoms with van der Waals surface area (Å²) in [5, 5.41) is 0. The van der Waals surface area contributed by atoms with Gasteiger partial charge in [-0.25, -0.2) is 0 Å². The van der Waals surface area contributed by atoms with Crippen LogP contribution in [0.3, 0.4) is 0 Å². The smallest absolute Gasteiger partial charge is 0.0274 e. The zero-order chi connectivity index (χ0) is 7.66. The van der Waals surface area contributed by atoms with Crippen molar-refractivity contribution < 1.29 is 0 Å². The van der Waals surface area contributed by atoms with E-state index in [1.165, 1.54) is 38.5 Å². The van der Waals surface area contributed by atoms with Crippen molar-refractivity contribution in [1.29, 1.82) is 0 Å². The second-order valence-corrected chi connectivity index (χ2v) is 3.28. The lowest BCUT2D eigenvalue weighted by Crippen LogP contribution is -1.75. The van der Waals surface area contributed by atoms with Crippen LogP contribution in [0.5, 0.6) is 0 Å². The molecule has 0 atom stereocenters. The normalized spacial score (nSPS) is 11.0. The minimum absolute atomic E-state index is 1.27. The van der Waals surface area contributed by atoms with Crippen LogP contribution in [0.1, 0.15) is 45.4 Å². The van der Waals surface area contributed by atoms with Crippen molar-refractivity contribution in [2.45, 2.75) is 45.4 Å². The van der Waals surface area contributed by atoms with E-state index < -0.39 is 0 Å². The molecule has 0 nitrogen and oxygen atoms in total. The molecule has 0 radical (unpaired) electrons. The molecule has 0 saturated heterocycles. The van der Waals surface area contributed by atoms with Crippen LogP contribution < -0.4 is 0 Å². The van der Waals surface area contributed by atoms with Gasteiger partial charge in [0, 0.05) is 0 Å². The number of unbranched alkanes of at least 4 members (excludes halogenated alkanes) is 5. The van der Waals surface area contributed by atoms with Crippen LogP contribution in [0, 0.1) is 0 Å². The van der Waals surface area contributed by atoms with E-state index in [4.69, 9.17) is 0 Å². The molecule has 0 aromatic heterocycles. The van der Waals surface area contributed by atoms with E-state index in [2.05, 4.69) is 39.7 Å².